The van der Waals surface area contributed by atoms with Gasteiger partial charge in [0.2, 0.25) is 5.95 Å². The third-order valence-corrected chi connectivity index (χ3v) is 4.58. The summed E-state index contributed by atoms with van der Waals surface area (Å²) in [5.74, 6) is 0.557. The van der Waals surface area contributed by atoms with Gasteiger partial charge in [-0.1, -0.05) is 74.0 Å². The molecule has 1 N–H and O–H groups in total. The van der Waals surface area contributed by atoms with Crippen molar-refractivity contribution in [2.24, 2.45) is 0 Å². The van der Waals surface area contributed by atoms with Gasteiger partial charge in [-0.15, -0.1) is 10.2 Å². The lowest BCUT2D eigenvalue weighted by atomic mass is 10.2. The number of aromatic nitrogens is 4. The van der Waals surface area contributed by atoms with Crippen LogP contribution in [0.15, 0.2) is 66.7 Å². The van der Waals surface area contributed by atoms with Gasteiger partial charge < -0.3 is 9.88 Å². The second kappa shape index (κ2) is 7.99. The van der Waals surface area contributed by atoms with Gasteiger partial charge in [0.1, 0.15) is 5.52 Å². The molecule has 27 heavy (non-hydrogen) atoms. The van der Waals surface area contributed by atoms with E-state index < -0.39 is 0 Å². The Kier molecular flexibility index (Phi) is 5.10. The van der Waals surface area contributed by atoms with Crippen molar-refractivity contribution in [1.29, 1.82) is 0 Å². The maximum Gasteiger partial charge on any atom is 0.245 e. The monoisotopic (exact) mass is 357 g/mol. The van der Waals surface area contributed by atoms with Crippen LogP contribution in [0.4, 0.5) is 5.95 Å². The predicted octanol–water partition coefficient (Wildman–Crippen LogP) is 4.44. The Morgan fingerprint density at radius 1 is 0.889 bits per heavy atom. The van der Waals surface area contributed by atoms with Crippen LogP contribution in [0.2, 0.25) is 0 Å². The SMILES string of the molecule is CCCc1cc2nnc(NCc3ccccc3)nc2n1Cc1ccccc1. The average Bonchev–Trinajstić information content (AvgIpc) is 3.05. The Morgan fingerprint density at radius 3 is 2.30 bits per heavy atom. The first kappa shape index (κ1) is 17.2. The second-order valence-corrected chi connectivity index (χ2v) is 6.64. The number of fused-ring (bicyclic) bond motifs is 1. The minimum atomic E-state index is 0.557. The summed E-state index contributed by atoms with van der Waals surface area (Å²) in [6.07, 6.45) is 2.08. The molecule has 0 atom stereocenters. The Morgan fingerprint density at radius 2 is 1.59 bits per heavy atom. The molecule has 0 spiro atoms. The van der Waals surface area contributed by atoms with Crippen LogP contribution in [0, 0.1) is 0 Å². The Hall–Kier alpha value is -3.21. The lowest BCUT2D eigenvalue weighted by Crippen LogP contribution is -2.08. The quantitative estimate of drug-likeness (QED) is 0.531. The molecule has 0 aliphatic rings. The van der Waals surface area contributed by atoms with Crippen LogP contribution >= 0.6 is 0 Å². The van der Waals surface area contributed by atoms with Crippen LogP contribution < -0.4 is 5.32 Å². The van der Waals surface area contributed by atoms with Gasteiger partial charge in [0, 0.05) is 18.8 Å². The van der Waals surface area contributed by atoms with E-state index in [1.54, 1.807) is 0 Å². The van der Waals surface area contributed by atoms with E-state index in [-0.39, 0.29) is 0 Å². The number of benzene rings is 2. The largest absolute Gasteiger partial charge is 0.349 e. The Balaban J connectivity index is 1.65. The average molecular weight is 357 g/mol. The van der Waals surface area contributed by atoms with Crippen LogP contribution in [0.3, 0.4) is 0 Å². The van der Waals surface area contributed by atoms with Gasteiger partial charge in [0.15, 0.2) is 5.65 Å². The molecule has 0 saturated heterocycles. The van der Waals surface area contributed by atoms with Gasteiger partial charge in [-0.3, -0.25) is 0 Å². The van der Waals surface area contributed by atoms with Gasteiger partial charge >= 0.3 is 0 Å². The summed E-state index contributed by atoms with van der Waals surface area (Å²) >= 11 is 0. The lowest BCUT2D eigenvalue weighted by Gasteiger charge is -2.10. The van der Waals surface area contributed by atoms with Crippen molar-refractivity contribution in [2.75, 3.05) is 5.32 Å². The minimum absolute atomic E-state index is 0.557. The molecule has 2 heterocycles. The highest BCUT2D eigenvalue weighted by Crippen LogP contribution is 2.20. The molecule has 0 amide bonds. The summed E-state index contributed by atoms with van der Waals surface area (Å²) in [4.78, 5) is 4.77. The van der Waals surface area contributed by atoms with E-state index in [0.717, 1.165) is 30.6 Å². The Bertz CT molecular complexity index is 1010. The molecule has 0 fully saturated rings. The molecule has 2 aromatic heterocycles. The molecular formula is C22H23N5. The van der Waals surface area contributed by atoms with Crippen molar-refractivity contribution in [1.82, 2.24) is 19.7 Å². The fraction of sp³-hybridized carbons (Fsp3) is 0.227. The normalized spacial score (nSPS) is 11.0. The maximum absolute atomic E-state index is 4.77. The van der Waals surface area contributed by atoms with E-state index >= 15 is 0 Å². The summed E-state index contributed by atoms with van der Waals surface area (Å²) < 4.78 is 2.26. The van der Waals surface area contributed by atoms with Crippen LogP contribution in [-0.4, -0.2) is 19.7 Å². The lowest BCUT2D eigenvalue weighted by molar-refractivity contribution is 0.738. The highest BCUT2D eigenvalue weighted by molar-refractivity contribution is 5.73. The van der Waals surface area contributed by atoms with Gasteiger partial charge in [0.25, 0.3) is 0 Å². The smallest absolute Gasteiger partial charge is 0.245 e. The fourth-order valence-electron chi connectivity index (χ4n) is 3.25. The highest BCUT2D eigenvalue weighted by atomic mass is 15.3. The number of hydrogen-bond donors (Lipinski definition) is 1. The van der Waals surface area contributed by atoms with E-state index in [1.807, 2.05) is 24.3 Å². The van der Waals surface area contributed by atoms with Crippen molar-refractivity contribution in [3.05, 3.63) is 83.6 Å². The van der Waals surface area contributed by atoms with Crippen LogP contribution in [0.5, 0.6) is 0 Å². The maximum atomic E-state index is 4.77. The molecule has 5 heteroatoms. The number of aryl methyl sites for hydroxylation is 1. The zero-order chi connectivity index (χ0) is 18.5. The predicted molar refractivity (Wildman–Crippen MR) is 109 cm³/mol. The minimum Gasteiger partial charge on any atom is -0.349 e. The summed E-state index contributed by atoms with van der Waals surface area (Å²) in [5.41, 5.74) is 5.42. The molecule has 0 unspecified atom stereocenters. The first-order valence-electron chi connectivity index (χ1n) is 9.38. The van der Waals surface area contributed by atoms with Gasteiger partial charge in [-0.2, -0.15) is 4.98 Å². The number of nitrogens with zero attached hydrogens (tertiary/aromatic N) is 4. The van der Waals surface area contributed by atoms with Crippen molar-refractivity contribution in [3.63, 3.8) is 0 Å². The van der Waals surface area contributed by atoms with Crippen molar-refractivity contribution in [2.45, 2.75) is 32.9 Å². The van der Waals surface area contributed by atoms with Gasteiger partial charge in [-0.05, 0) is 23.6 Å². The molecule has 4 rings (SSSR count). The fourth-order valence-corrected chi connectivity index (χ4v) is 3.25. The number of anilines is 1. The number of rotatable bonds is 7. The van der Waals surface area contributed by atoms with Crippen molar-refractivity contribution in [3.8, 4) is 0 Å². The van der Waals surface area contributed by atoms with E-state index in [0.29, 0.717) is 12.5 Å². The molecule has 0 aliphatic carbocycles. The van der Waals surface area contributed by atoms with Crippen LogP contribution in [-0.2, 0) is 19.5 Å². The molecule has 4 aromatic rings. The number of hydrogen-bond acceptors (Lipinski definition) is 4. The van der Waals surface area contributed by atoms with Gasteiger partial charge in [-0.25, -0.2) is 0 Å². The molecule has 2 aromatic carbocycles. The first-order valence-corrected chi connectivity index (χ1v) is 9.38. The summed E-state index contributed by atoms with van der Waals surface area (Å²) in [7, 11) is 0. The van der Waals surface area contributed by atoms with E-state index in [9.17, 15) is 0 Å². The van der Waals surface area contributed by atoms with E-state index in [1.165, 1.54) is 16.8 Å². The van der Waals surface area contributed by atoms with Crippen molar-refractivity contribution >= 4 is 17.1 Å². The summed E-state index contributed by atoms with van der Waals surface area (Å²) in [6.45, 7) is 3.65. The molecule has 0 radical (unpaired) electrons. The zero-order valence-corrected chi connectivity index (χ0v) is 15.5. The third kappa shape index (κ3) is 3.97. The summed E-state index contributed by atoms with van der Waals surface area (Å²) in [6, 6.07) is 22.8. The topological polar surface area (TPSA) is 55.6 Å². The zero-order valence-electron chi connectivity index (χ0n) is 15.5. The molecule has 0 saturated carbocycles. The van der Waals surface area contributed by atoms with Crippen LogP contribution in [0.1, 0.15) is 30.2 Å². The number of nitrogens with one attached hydrogen (secondary N) is 1. The molecular weight excluding hydrogens is 334 g/mol. The van der Waals surface area contributed by atoms with Crippen molar-refractivity contribution < 1.29 is 0 Å². The highest BCUT2D eigenvalue weighted by Gasteiger charge is 2.13. The second-order valence-electron chi connectivity index (χ2n) is 6.64. The molecule has 0 bridgehead atoms. The standard InChI is InChI=1S/C22H23N5/c1-2-9-19-14-20-21(27(19)16-18-12-7-4-8-13-18)24-22(26-25-20)23-15-17-10-5-3-6-11-17/h3-8,10-14H,2,9,15-16H2,1H3,(H,23,24,26). The first-order chi connectivity index (χ1) is 13.3. The van der Waals surface area contributed by atoms with E-state index in [2.05, 4.69) is 69.5 Å². The van der Waals surface area contributed by atoms with Crippen LogP contribution in [0.25, 0.3) is 11.2 Å². The van der Waals surface area contributed by atoms with E-state index in [4.69, 9.17) is 4.98 Å². The molecule has 5 nitrogen and oxygen atoms in total. The molecule has 136 valence electrons. The Labute approximate surface area is 159 Å². The third-order valence-electron chi connectivity index (χ3n) is 4.58. The van der Waals surface area contributed by atoms with Gasteiger partial charge in [0.05, 0.1) is 0 Å². The molecule has 0 aliphatic heterocycles. The summed E-state index contributed by atoms with van der Waals surface area (Å²) in [5, 5.41) is 11.9.